The van der Waals surface area contributed by atoms with E-state index in [2.05, 4.69) is 12.1 Å². The summed E-state index contributed by atoms with van der Waals surface area (Å²) in [6, 6.07) is 10.2. The van der Waals surface area contributed by atoms with E-state index in [1.54, 1.807) is 4.31 Å². The zero-order chi connectivity index (χ0) is 16.0. The molecule has 2 unspecified atom stereocenters. The van der Waals surface area contributed by atoms with Gasteiger partial charge in [0.15, 0.2) is 0 Å². The fourth-order valence-electron chi connectivity index (χ4n) is 2.77. The number of sulfonamides is 1. The van der Waals surface area contributed by atoms with Crippen LogP contribution in [0.5, 0.6) is 0 Å². The van der Waals surface area contributed by atoms with Gasteiger partial charge in [-0.05, 0) is 31.7 Å². The largest absolute Gasteiger partial charge is 0.375 e. The molecular weight excluding hydrogens is 298 g/mol. The highest BCUT2D eigenvalue weighted by atomic mass is 32.2. The van der Waals surface area contributed by atoms with Crippen LogP contribution in [0.3, 0.4) is 0 Å². The molecule has 0 spiro atoms. The van der Waals surface area contributed by atoms with Crippen LogP contribution < -0.4 is 0 Å². The van der Waals surface area contributed by atoms with E-state index in [9.17, 15) is 8.42 Å². The first-order chi connectivity index (χ1) is 10.5. The summed E-state index contributed by atoms with van der Waals surface area (Å²) in [7, 11) is -3.16. The van der Waals surface area contributed by atoms with Gasteiger partial charge in [0.2, 0.25) is 10.0 Å². The predicted octanol–water partition coefficient (Wildman–Crippen LogP) is 2.84. The molecule has 1 aromatic carbocycles. The van der Waals surface area contributed by atoms with Gasteiger partial charge in [-0.25, -0.2) is 8.42 Å². The van der Waals surface area contributed by atoms with Crippen molar-refractivity contribution in [2.45, 2.75) is 51.7 Å². The Balaban J connectivity index is 1.93. The fourth-order valence-corrected chi connectivity index (χ4v) is 4.66. The molecule has 0 N–H and O–H groups in total. The maximum atomic E-state index is 12.4. The average molecular weight is 325 g/mol. The van der Waals surface area contributed by atoms with Crippen LogP contribution >= 0.6 is 0 Å². The SMILES string of the molecule is CCCCS(=O)(=O)N1CC(CCc2ccccc2)OCC1C. The monoisotopic (exact) mass is 325 g/mol. The van der Waals surface area contributed by atoms with Gasteiger partial charge in [-0.3, -0.25) is 0 Å². The molecule has 2 rings (SSSR count). The highest BCUT2D eigenvalue weighted by Gasteiger charge is 2.33. The number of nitrogens with zero attached hydrogens (tertiary/aromatic N) is 1. The molecule has 1 fully saturated rings. The maximum Gasteiger partial charge on any atom is 0.214 e. The predicted molar refractivity (Wildman–Crippen MR) is 89.4 cm³/mol. The minimum Gasteiger partial charge on any atom is -0.375 e. The van der Waals surface area contributed by atoms with E-state index >= 15 is 0 Å². The van der Waals surface area contributed by atoms with Gasteiger partial charge in [0.1, 0.15) is 0 Å². The molecule has 0 saturated carbocycles. The van der Waals surface area contributed by atoms with E-state index in [4.69, 9.17) is 4.74 Å². The molecule has 4 nitrogen and oxygen atoms in total. The lowest BCUT2D eigenvalue weighted by atomic mass is 10.1. The molecule has 1 aromatic rings. The number of aryl methyl sites for hydroxylation is 1. The van der Waals surface area contributed by atoms with E-state index in [1.165, 1.54) is 5.56 Å². The third kappa shape index (κ3) is 4.80. The van der Waals surface area contributed by atoms with Crippen LogP contribution in [0.1, 0.15) is 38.7 Å². The van der Waals surface area contributed by atoms with Crippen LogP contribution in [0.25, 0.3) is 0 Å². The van der Waals surface area contributed by atoms with E-state index in [1.807, 2.05) is 32.0 Å². The second kappa shape index (κ2) is 8.09. The van der Waals surface area contributed by atoms with Gasteiger partial charge in [-0.2, -0.15) is 4.31 Å². The van der Waals surface area contributed by atoms with Gasteiger partial charge in [0, 0.05) is 12.6 Å². The number of morpholine rings is 1. The molecule has 5 heteroatoms. The molecule has 1 saturated heterocycles. The van der Waals surface area contributed by atoms with Gasteiger partial charge in [-0.1, -0.05) is 43.7 Å². The number of ether oxygens (including phenoxy) is 1. The van der Waals surface area contributed by atoms with Crippen molar-refractivity contribution in [2.75, 3.05) is 18.9 Å². The van der Waals surface area contributed by atoms with Crippen molar-refractivity contribution >= 4 is 10.0 Å². The quantitative estimate of drug-likeness (QED) is 0.774. The van der Waals surface area contributed by atoms with Crippen LogP contribution in [0.4, 0.5) is 0 Å². The van der Waals surface area contributed by atoms with Gasteiger partial charge < -0.3 is 4.74 Å². The Bertz CT molecular complexity index is 544. The van der Waals surface area contributed by atoms with E-state index in [-0.39, 0.29) is 17.9 Å². The highest BCUT2D eigenvalue weighted by Crippen LogP contribution is 2.20. The maximum absolute atomic E-state index is 12.4. The van der Waals surface area contributed by atoms with Crippen LogP contribution in [0, 0.1) is 0 Å². The molecule has 1 aliphatic rings. The summed E-state index contributed by atoms with van der Waals surface area (Å²) in [6.07, 6.45) is 3.39. The van der Waals surface area contributed by atoms with E-state index in [0.29, 0.717) is 13.2 Å². The van der Waals surface area contributed by atoms with Gasteiger partial charge in [-0.15, -0.1) is 0 Å². The lowest BCUT2D eigenvalue weighted by Crippen LogP contribution is -2.51. The zero-order valence-corrected chi connectivity index (χ0v) is 14.4. The molecule has 0 aromatic heterocycles. The Morgan fingerprint density at radius 2 is 2.00 bits per heavy atom. The van der Waals surface area contributed by atoms with E-state index in [0.717, 1.165) is 25.7 Å². The summed E-state index contributed by atoms with van der Waals surface area (Å²) in [5.41, 5.74) is 1.27. The first-order valence-corrected chi connectivity index (χ1v) is 9.79. The topological polar surface area (TPSA) is 46.6 Å². The standard InChI is InChI=1S/C17H27NO3S/c1-3-4-12-22(19,20)18-13-17(21-14-15(18)2)11-10-16-8-6-5-7-9-16/h5-9,15,17H,3-4,10-14H2,1-2H3. The Morgan fingerprint density at radius 3 is 2.68 bits per heavy atom. The normalized spacial score (nSPS) is 23.5. The molecule has 1 heterocycles. The molecule has 0 amide bonds. The first kappa shape index (κ1) is 17.4. The van der Waals surface area contributed by atoms with Gasteiger partial charge >= 0.3 is 0 Å². The fraction of sp³-hybridized carbons (Fsp3) is 0.647. The van der Waals surface area contributed by atoms with Gasteiger partial charge in [0.25, 0.3) is 0 Å². The number of hydrogen-bond donors (Lipinski definition) is 0. The number of unbranched alkanes of at least 4 members (excludes halogenated alkanes) is 1. The first-order valence-electron chi connectivity index (χ1n) is 8.18. The molecule has 124 valence electrons. The molecule has 2 atom stereocenters. The Kier molecular flexibility index (Phi) is 6.41. The van der Waals surface area contributed by atoms with Crippen molar-refractivity contribution in [3.05, 3.63) is 35.9 Å². The molecular formula is C17H27NO3S. The summed E-state index contributed by atoms with van der Waals surface area (Å²) >= 11 is 0. The Labute approximate surface area is 134 Å². The Morgan fingerprint density at radius 1 is 1.27 bits per heavy atom. The summed E-state index contributed by atoms with van der Waals surface area (Å²) in [5, 5.41) is 0. The van der Waals surface area contributed by atoms with Crippen molar-refractivity contribution in [1.82, 2.24) is 4.31 Å². The second-order valence-corrected chi connectivity index (χ2v) is 8.11. The Hall–Kier alpha value is -0.910. The van der Waals surface area contributed by atoms with Crippen molar-refractivity contribution in [2.24, 2.45) is 0 Å². The molecule has 22 heavy (non-hydrogen) atoms. The molecule has 0 radical (unpaired) electrons. The minimum atomic E-state index is -3.16. The number of hydrogen-bond acceptors (Lipinski definition) is 3. The summed E-state index contributed by atoms with van der Waals surface area (Å²) < 4.78 is 32.4. The van der Waals surface area contributed by atoms with Crippen LogP contribution in [0.2, 0.25) is 0 Å². The third-order valence-corrected chi connectivity index (χ3v) is 6.19. The molecule has 0 bridgehead atoms. The smallest absolute Gasteiger partial charge is 0.214 e. The molecule has 1 aliphatic heterocycles. The minimum absolute atomic E-state index is 0.00666. The third-order valence-electron chi connectivity index (χ3n) is 4.16. The molecule has 0 aliphatic carbocycles. The van der Waals surface area contributed by atoms with Crippen molar-refractivity contribution in [3.63, 3.8) is 0 Å². The van der Waals surface area contributed by atoms with Gasteiger partial charge in [0.05, 0.1) is 18.5 Å². The van der Waals surface area contributed by atoms with Crippen LogP contribution in [-0.2, 0) is 21.2 Å². The summed E-state index contributed by atoms with van der Waals surface area (Å²) in [4.78, 5) is 0. The van der Waals surface area contributed by atoms with Crippen molar-refractivity contribution in [3.8, 4) is 0 Å². The average Bonchev–Trinajstić information content (AvgIpc) is 2.53. The van der Waals surface area contributed by atoms with Crippen LogP contribution in [0.15, 0.2) is 30.3 Å². The van der Waals surface area contributed by atoms with Crippen molar-refractivity contribution in [1.29, 1.82) is 0 Å². The zero-order valence-electron chi connectivity index (χ0n) is 13.6. The van der Waals surface area contributed by atoms with Crippen LogP contribution in [-0.4, -0.2) is 43.8 Å². The van der Waals surface area contributed by atoms with Crippen molar-refractivity contribution < 1.29 is 13.2 Å². The second-order valence-electron chi connectivity index (χ2n) is 6.07. The number of benzene rings is 1. The number of rotatable bonds is 7. The summed E-state index contributed by atoms with van der Waals surface area (Å²) in [5.74, 6) is 0.249. The summed E-state index contributed by atoms with van der Waals surface area (Å²) in [6.45, 7) is 4.92. The van der Waals surface area contributed by atoms with E-state index < -0.39 is 10.0 Å². The lowest BCUT2D eigenvalue weighted by molar-refractivity contribution is -0.0306. The lowest BCUT2D eigenvalue weighted by Gasteiger charge is -2.37. The highest BCUT2D eigenvalue weighted by molar-refractivity contribution is 7.89.